The molecule has 0 bridgehead atoms. The van der Waals surface area contributed by atoms with Gasteiger partial charge in [-0.15, -0.1) is 0 Å². The lowest BCUT2D eigenvalue weighted by Gasteiger charge is -2.35. The molecule has 1 N–H and O–H groups in total. The first-order valence-corrected chi connectivity index (χ1v) is 10.0. The molecule has 0 radical (unpaired) electrons. The van der Waals surface area contributed by atoms with Gasteiger partial charge in [-0.2, -0.15) is 0 Å². The predicted octanol–water partition coefficient (Wildman–Crippen LogP) is 2.48. The van der Waals surface area contributed by atoms with Crippen molar-refractivity contribution in [3.05, 3.63) is 35.4 Å². The second kappa shape index (κ2) is 9.67. The molecule has 1 atom stereocenters. The quantitative estimate of drug-likeness (QED) is 0.822. The molecule has 25 heavy (non-hydrogen) atoms. The van der Waals surface area contributed by atoms with Crippen molar-refractivity contribution < 1.29 is 4.74 Å². The van der Waals surface area contributed by atoms with Gasteiger partial charge >= 0.3 is 0 Å². The molecule has 0 aromatic heterocycles. The number of nitrogens with zero attached hydrogens (tertiary/aromatic N) is 2. The number of ether oxygens (including phenoxy) is 1. The summed E-state index contributed by atoms with van der Waals surface area (Å²) in [5.41, 5.74) is 2.81. The lowest BCUT2D eigenvalue weighted by molar-refractivity contribution is 0.0319. The predicted molar refractivity (Wildman–Crippen MR) is 104 cm³/mol. The van der Waals surface area contributed by atoms with Crippen molar-refractivity contribution in [1.82, 2.24) is 15.1 Å². The minimum Gasteiger partial charge on any atom is -0.379 e. The molecule has 0 spiro atoms. The van der Waals surface area contributed by atoms with Crippen LogP contribution in [0.4, 0.5) is 0 Å². The second-order valence-corrected chi connectivity index (χ2v) is 7.79. The summed E-state index contributed by atoms with van der Waals surface area (Å²) in [5.74, 6) is 0.583. The van der Waals surface area contributed by atoms with Crippen molar-refractivity contribution in [3.8, 4) is 0 Å². The van der Waals surface area contributed by atoms with Gasteiger partial charge in [0.15, 0.2) is 0 Å². The number of morpholine rings is 1. The van der Waals surface area contributed by atoms with E-state index in [0.29, 0.717) is 12.0 Å². The van der Waals surface area contributed by atoms with Crippen LogP contribution < -0.4 is 5.32 Å². The zero-order chi connectivity index (χ0) is 17.5. The van der Waals surface area contributed by atoms with Crippen molar-refractivity contribution >= 4 is 0 Å². The first kappa shape index (κ1) is 18.8. The molecule has 0 saturated carbocycles. The van der Waals surface area contributed by atoms with Gasteiger partial charge in [0.05, 0.1) is 13.2 Å². The smallest absolute Gasteiger partial charge is 0.0594 e. The monoisotopic (exact) mass is 345 g/mol. The Kier molecular flexibility index (Phi) is 7.29. The first-order valence-electron chi connectivity index (χ1n) is 10.0. The summed E-state index contributed by atoms with van der Waals surface area (Å²) < 4.78 is 5.43. The van der Waals surface area contributed by atoms with Gasteiger partial charge < -0.3 is 15.0 Å². The molecule has 1 unspecified atom stereocenters. The van der Waals surface area contributed by atoms with E-state index in [1.54, 1.807) is 0 Å². The van der Waals surface area contributed by atoms with Crippen LogP contribution >= 0.6 is 0 Å². The Balaban J connectivity index is 1.32. The lowest BCUT2D eigenvalue weighted by Crippen LogP contribution is -2.46. The molecule has 1 aromatic carbocycles. The van der Waals surface area contributed by atoms with Crippen LogP contribution in [0.15, 0.2) is 24.3 Å². The van der Waals surface area contributed by atoms with Crippen LogP contribution in [0.1, 0.15) is 36.8 Å². The van der Waals surface area contributed by atoms with Crippen LogP contribution in [-0.2, 0) is 4.74 Å². The van der Waals surface area contributed by atoms with E-state index in [0.717, 1.165) is 32.8 Å². The number of nitrogens with one attached hydrogen (secondary N) is 1. The molecule has 0 amide bonds. The summed E-state index contributed by atoms with van der Waals surface area (Å²) in [6.07, 6.45) is 2.56. The van der Waals surface area contributed by atoms with E-state index >= 15 is 0 Å². The highest BCUT2D eigenvalue weighted by Gasteiger charge is 2.20. The number of piperidine rings is 1. The Labute approximate surface area is 153 Å². The molecule has 1 aromatic rings. The third-order valence-electron chi connectivity index (χ3n) is 5.75. The van der Waals surface area contributed by atoms with Gasteiger partial charge in [-0.3, -0.25) is 4.90 Å². The molecule has 4 heteroatoms. The van der Waals surface area contributed by atoms with Crippen molar-refractivity contribution in [2.45, 2.75) is 38.6 Å². The van der Waals surface area contributed by atoms with E-state index in [-0.39, 0.29) is 0 Å². The highest BCUT2D eigenvalue weighted by molar-refractivity contribution is 5.25. The number of hydrogen-bond acceptors (Lipinski definition) is 4. The summed E-state index contributed by atoms with van der Waals surface area (Å²) in [6.45, 7) is 14.5. The fourth-order valence-corrected chi connectivity index (χ4v) is 3.91. The maximum atomic E-state index is 5.43. The van der Waals surface area contributed by atoms with E-state index in [9.17, 15) is 0 Å². The standard InChI is InChI=1S/C21H35N3O/c1-18-4-3-5-20(16-18)19(2)17-22-21-6-8-23(9-7-21)10-11-24-12-14-25-15-13-24/h3-5,16,19,21-22H,6-15,17H2,1-2H3. The largest absolute Gasteiger partial charge is 0.379 e. The molecular weight excluding hydrogens is 310 g/mol. The van der Waals surface area contributed by atoms with Crippen molar-refractivity contribution in [2.24, 2.45) is 0 Å². The highest BCUT2D eigenvalue weighted by Crippen LogP contribution is 2.17. The van der Waals surface area contributed by atoms with Crippen LogP contribution in [0.3, 0.4) is 0 Å². The topological polar surface area (TPSA) is 27.7 Å². The third-order valence-corrected chi connectivity index (χ3v) is 5.75. The number of aryl methyl sites for hydroxylation is 1. The Morgan fingerprint density at radius 2 is 1.76 bits per heavy atom. The Morgan fingerprint density at radius 1 is 1.08 bits per heavy atom. The Hall–Kier alpha value is -0.940. The second-order valence-electron chi connectivity index (χ2n) is 7.79. The van der Waals surface area contributed by atoms with Crippen LogP contribution in [0.2, 0.25) is 0 Å². The summed E-state index contributed by atoms with van der Waals surface area (Å²) in [5, 5.41) is 3.81. The SMILES string of the molecule is Cc1cccc(C(C)CNC2CCN(CCN3CCOCC3)CC2)c1. The van der Waals surface area contributed by atoms with Crippen molar-refractivity contribution in [1.29, 1.82) is 0 Å². The summed E-state index contributed by atoms with van der Waals surface area (Å²) in [6, 6.07) is 9.62. The van der Waals surface area contributed by atoms with Gasteiger partial charge in [-0.1, -0.05) is 36.8 Å². The van der Waals surface area contributed by atoms with E-state index in [1.165, 1.54) is 50.1 Å². The zero-order valence-corrected chi connectivity index (χ0v) is 16.0. The molecule has 4 nitrogen and oxygen atoms in total. The summed E-state index contributed by atoms with van der Waals surface area (Å²) in [4.78, 5) is 5.18. The molecule has 2 fully saturated rings. The molecular formula is C21H35N3O. The van der Waals surface area contributed by atoms with Gasteiger partial charge in [-0.25, -0.2) is 0 Å². The van der Waals surface area contributed by atoms with Crippen LogP contribution in [0, 0.1) is 6.92 Å². The maximum Gasteiger partial charge on any atom is 0.0594 e. The van der Waals surface area contributed by atoms with Gasteiger partial charge in [0.25, 0.3) is 0 Å². The highest BCUT2D eigenvalue weighted by atomic mass is 16.5. The van der Waals surface area contributed by atoms with Crippen LogP contribution in [-0.4, -0.2) is 74.9 Å². The van der Waals surface area contributed by atoms with Crippen molar-refractivity contribution in [3.63, 3.8) is 0 Å². The maximum absolute atomic E-state index is 5.43. The van der Waals surface area contributed by atoms with Crippen molar-refractivity contribution in [2.75, 3.05) is 59.0 Å². The summed E-state index contributed by atoms with van der Waals surface area (Å²) in [7, 11) is 0. The van der Waals surface area contributed by atoms with Gasteiger partial charge in [0, 0.05) is 38.8 Å². The first-order chi connectivity index (χ1) is 12.2. The molecule has 0 aliphatic carbocycles. The summed E-state index contributed by atoms with van der Waals surface area (Å²) >= 11 is 0. The lowest BCUT2D eigenvalue weighted by atomic mass is 9.98. The Morgan fingerprint density at radius 3 is 2.44 bits per heavy atom. The van der Waals surface area contributed by atoms with Gasteiger partial charge in [0.1, 0.15) is 0 Å². The minimum atomic E-state index is 0.583. The minimum absolute atomic E-state index is 0.583. The Bertz CT molecular complexity index is 508. The number of rotatable bonds is 7. The molecule has 140 valence electrons. The average Bonchev–Trinajstić information content (AvgIpc) is 2.66. The van der Waals surface area contributed by atoms with E-state index in [2.05, 4.69) is 53.2 Å². The average molecular weight is 346 g/mol. The fraction of sp³-hybridized carbons (Fsp3) is 0.714. The normalized spacial score (nSPS) is 22.2. The molecule has 2 saturated heterocycles. The number of likely N-dealkylation sites (tertiary alicyclic amines) is 1. The molecule has 2 aliphatic heterocycles. The van der Waals surface area contributed by atoms with Crippen LogP contribution in [0.5, 0.6) is 0 Å². The van der Waals surface area contributed by atoms with Crippen LogP contribution in [0.25, 0.3) is 0 Å². The molecule has 2 heterocycles. The third kappa shape index (κ3) is 6.07. The fourth-order valence-electron chi connectivity index (χ4n) is 3.91. The van der Waals surface area contributed by atoms with E-state index in [1.807, 2.05) is 0 Å². The van der Waals surface area contributed by atoms with Gasteiger partial charge in [-0.05, 0) is 44.3 Å². The van der Waals surface area contributed by atoms with Gasteiger partial charge in [0.2, 0.25) is 0 Å². The van der Waals surface area contributed by atoms with E-state index < -0.39 is 0 Å². The van der Waals surface area contributed by atoms with E-state index in [4.69, 9.17) is 4.74 Å². The zero-order valence-electron chi connectivity index (χ0n) is 16.0. The number of benzene rings is 1. The number of hydrogen-bond donors (Lipinski definition) is 1. The molecule has 2 aliphatic rings. The molecule has 3 rings (SSSR count).